The standard InChI is InChI=1S/C26H33N3O3/c1-19(18-32-2)27-25(30)21-7-5-20(6-8-21)22-9-10-24-23(17-22)11-14-29(26(24)31)16-15-28-12-3-4-13-28/h5-10,17,19H,3-4,11-16,18H2,1-2H3,(H,27,30)/t19-/m0/s1. The number of carbonyl (C=O) groups excluding carboxylic acids is 2. The molecule has 1 fully saturated rings. The third-order valence-electron chi connectivity index (χ3n) is 6.43. The molecule has 170 valence electrons. The predicted molar refractivity (Wildman–Crippen MR) is 126 cm³/mol. The molecule has 0 saturated carbocycles. The Labute approximate surface area is 190 Å². The maximum absolute atomic E-state index is 13.0. The number of hydrogen-bond acceptors (Lipinski definition) is 4. The molecule has 4 rings (SSSR count). The number of nitrogens with zero attached hydrogens (tertiary/aromatic N) is 2. The molecule has 2 aliphatic heterocycles. The van der Waals surface area contributed by atoms with Crippen molar-refractivity contribution in [2.24, 2.45) is 0 Å². The minimum absolute atomic E-state index is 0.0414. The van der Waals surface area contributed by atoms with Gasteiger partial charge in [-0.05, 0) is 74.2 Å². The zero-order valence-electron chi connectivity index (χ0n) is 19.1. The van der Waals surface area contributed by atoms with Crippen LogP contribution in [0.15, 0.2) is 42.5 Å². The van der Waals surface area contributed by atoms with E-state index in [1.54, 1.807) is 7.11 Å². The van der Waals surface area contributed by atoms with Gasteiger partial charge in [0.05, 0.1) is 6.61 Å². The van der Waals surface area contributed by atoms with Crippen molar-refractivity contribution >= 4 is 11.8 Å². The summed E-state index contributed by atoms with van der Waals surface area (Å²) < 4.78 is 5.07. The van der Waals surface area contributed by atoms with Crippen molar-refractivity contribution < 1.29 is 14.3 Å². The van der Waals surface area contributed by atoms with Crippen molar-refractivity contribution in [1.29, 1.82) is 0 Å². The van der Waals surface area contributed by atoms with Crippen LogP contribution in [-0.4, -0.2) is 74.1 Å². The zero-order chi connectivity index (χ0) is 22.5. The summed E-state index contributed by atoms with van der Waals surface area (Å²) in [5.74, 6) is 0.0420. The molecular weight excluding hydrogens is 402 g/mol. The van der Waals surface area contributed by atoms with Gasteiger partial charge >= 0.3 is 0 Å². The molecule has 2 aromatic rings. The van der Waals surface area contributed by atoms with Crippen LogP contribution in [0, 0.1) is 0 Å². The molecule has 1 N–H and O–H groups in total. The summed E-state index contributed by atoms with van der Waals surface area (Å²) in [6.07, 6.45) is 3.43. The highest BCUT2D eigenvalue weighted by atomic mass is 16.5. The van der Waals surface area contributed by atoms with Crippen molar-refractivity contribution in [3.05, 3.63) is 59.2 Å². The van der Waals surface area contributed by atoms with E-state index < -0.39 is 0 Å². The van der Waals surface area contributed by atoms with Crippen molar-refractivity contribution in [3.8, 4) is 11.1 Å². The van der Waals surface area contributed by atoms with Crippen molar-refractivity contribution in [2.75, 3.05) is 46.4 Å². The van der Waals surface area contributed by atoms with Crippen molar-refractivity contribution in [1.82, 2.24) is 15.1 Å². The molecule has 2 heterocycles. The number of likely N-dealkylation sites (tertiary alicyclic amines) is 1. The first-order valence-electron chi connectivity index (χ1n) is 11.6. The molecule has 0 spiro atoms. The Bertz CT molecular complexity index is 951. The normalized spacial score (nSPS) is 17.3. The Morgan fingerprint density at radius 1 is 1.03 bits per heavy atom. The highest BCUT2D eigenvalue weighted by molar-refractivity contribution is 5.97. The van der Waals surface area contributed by atoms with Crippen LogP contribution in [0.1, 0.15) is 46.0 Å². The summed E-state index contributed by atoms with van der Waals surface area (Å²) in [5, 5.41) is 2.93. The minimum atomic E-state index is -0.105. The SMILES string of the molecule is COC[C@H](C)NC(=O)c1ccc(-c2ccc3c(c2)CCN(CCN2CCCC2)C3=O)cc1. The van der Waals surface area contributed by atoms with Crippen LogP contribution < -0.4 is 5.32 Å². The number of methoxy groups -OCH3 is 1. The molecular formula is C26H33N3O3. The van der Waals surface area contributed by atoms with Crippen LogP contribution in [-0.2, 0) is 11.2 Å². The molecule has 6 heteroatoms. The molecule has 6 nitrogen and oxygen atoms in total. The zero-order valence-corrected chi connectivity index (χ0v) is 19.1. The molecule has 0 radical (unpaired) electrons. The van der Waals surface area contributed by atoms with Crippen LogP contribution in [0.3, 0.4) is 0 Å². The van der Waals surface area contributed by atoms with Gasteiger partial charge in [0.1, 0.15) is 0 Å². The molecule has 0 aliphatic carbocycles. The lowest BCUT2D eigenvalue weighted by atomic mass is 9.93. The lowest BCUT2D eigenvalue weighted by molar-refractivity contribution is 0.0724. The van der Waals surface area contributed by atoms with E-state index in [2.05, 4.69) is 16.3 Å². The Hall–Kier alpha value is -2.70. The van der Waals surface area contributed by atoms with Crippen LogP contribution >= 0.6 is 0 Å². The summed E-state index contributed by atoms with van der Waals surface area (Å²) in [4.78, 5) is 29.8. The number of benzene rings is 2. The van der Waals surface area contributed by atoms with Gasteiger partial charge in [-0.15, -0.1) is 0 Å². The molecule has 1 atom stereocenters. The first-order chi connectivity index (χ1) is 15.5. The molecule has 2 aliphatic rings. The van der Waals surface area contributed by atoms with E-state index in [1.165, 1.54) is 12.8 Å². The Morgan fingerprint density at radius 3 is 2.47 bits per heavy atom. The second-order valence-electron chi connectivity index (χ2n) is 8.87. The van der Waals surface area contributed by atoms with E-state index in [0.717, 1.165) is 61.4 Å². The monoisotopic (exact) mass is 435 g/mol. The van der Waals surface area contributed by atoms with E-state index in [1.807, 2.05) is 48.2 Å². The number of amides is 2. The van der Waals surface area contributed by atoms with Gasteiger partial charge < -0.3 is 19.9 Å². The lowest BCUT2D eigenvalue weighted by Gasteiger charge is -2.30. The van der Waals surface area contributed by atoms with Gasteiger partial charge in [-0.25, -0.2) is 0 Å². The Kier molecular flexibility index (Phi) is 7.22. The number of fused-ring (bicyclic) bond motifs is 1. The van der Waals surface area contributed by atoms with Crippen LogP contribution in [0.2, 0.25) is 0 Å². The van der Waals surface area contributed by atoms with E-state index in [-0.39, 0.29) is 17.9 Å². The largest absolute Gasteiger partial charge is 0.383 e. The fraction of sp³-hybridized carbons (Fsp3) is 0.462. The first kappa shape index (κ1) is 22.5. The van der Waals surface area contributed by atoms with Crippen molar-refractivity contribution in [3.63, 3.8) is 0 Å². The second kappa shape index (κ2) is 10.3. The predicted octanol–water partition coefficient (Wildman–Crippen LogP) is 3.21. The van der Waals surface area contributed by atoms with Gasteiger partial charge in [-0.2, -0.15) is 0 Å². The smallest absolute Gasteiger partial charge is 0.254 e. The van der Waals surface area contributed by atoms with E-state index >= 15 is 0 Å². The van der Waals surface area contributed by atoms with Gasteiger partial charge in [0.2, 0.25) is 0 Å². The molecule has 0 bridgehead atoms. The quantitative estimate of drug-likeness (QED) is 0.692. The van der Waals surface area contributed by atoms with E-state index in [0.29, 0.717) is 12.2 Å². The Morgan fingerprint density at radius 2 is 1.75 bits per heavy atom. The fourth-order valence-corrected chi connectivity index (χ4v) is 4.61. The summed E-state index contributed by atoms with van der Waals surface area (Å²) in [6, 6.07) is 13.7. The number of hydrogen-bond donors (Lipinski definition) is 1. The van der Waals surface area contributed by atoms with Crippen LogP contribution in [0.5, 0.6) is 0 Å². The van der Waals surface area contributed by atoms with E-state index in [9.17, 15) is 9.59 Å². The topological polar surface area (TPSA) is 61.9 Å². The summed E-state index contributed by atoms with van der Waals surface area (Å²) >= 11 is 0. The lowest BCUT2D eigenvalue weighted by Crippen LogP contribution is -2.42. The first-order valence-corrected chi connectivity index (χ1v) is 11.6. The molecule has 32 heavy (non-hydrogen) atoms. The average Bonchev–Trinajstić information content (AvgIpc) is 3.32. The van der Waals surface area contributed by atoms with E-state index in [4.69, 9.17) is 4.74 Å². The summed E-state index contributed by atoms with van der Waals surface area (Å²) in [6.45, 7) is 7.28. The summed E-state index contributed by atoms with van der Waals surface area (Å²) in [5.41, 5.74) is 4.67. The number of ether oxygens (including phenoxy) is 1. The molecule has 0 aromatic heterocycles. The molecule has 2 aromatic carbocycles. The number of carbonyl (C=O) groups is 2. The number of rotatable bonds is 8. The van der Waals surface area contributed by atoms with Crippen LogP contribution in [0.25, 0.3) is 11.1 Å². The highest BCUT2D eigenvalue weighted by Gasteiger charge is 2.25. The second-order valence-corrected chi connectivity index (χ2v) is 8.87. The maximum atomic E-state index is 13.0. The third-order valence-corrected chi connectivity index (χ3v) is 6.43. The van der Waals surface area contributed by atoms with Gasteiger partial charge in [0, 0.05) is 43.9 Å². The third kappa shape index (κ3) is 5.19. The number of nitrogens with one attached hydrogen (secondary N) is 1. The minimum Gasteiger partial charge on any atom is -0.383 e. The molecule has 2 amide bonds. The summed E-state index contributed by atoms with van der Waals surface area (Å²) in [7, 11) is 1.62. The van der Waals surface area contributed by atoms with Crippen molar-refractivity contribution in [2.45, 2.75) is 32.2 Å². The van der Waals surface area contributed by atoms with Gasteiger partial charge in [0.15, 0.2) is 0 Å². The average molecular weight is 436 g/mol. The Balaban J connectivity index is 1.41. The molecule has 1 saturated heterocycles. The maximum Gasteiger partial charge on any atom is 0.254 e. The van der Waals surface area contributed by atoms with Crippen LogP contribution in [0.4, 0.5) is 0 Å². The van der Waals surface area contributed by atoms with Gasteiger partial charge in [-0.1, -0.05) is 24.3 Å². The fourth-order valence-electron chi connectivity index (χ4n) is 4.61. The molecule has 0 unspecified atom stereocenters. The van der Waals surface area contributed by atoms with Gasteiger partial charge in [0.25, 0.3) is 11.8 Å². The highest BCUT2D eigenvalue weighted by Crippen LogP contribution is 2.27. The van der Waals surface area contributed by atoms with Gasteiger partial charge in [-0.3, -0.25) is 9.59 Å².